The van der Waals surface area contributed by atoms with Crippen LogP contribution in [0.3, 0.4) is 0 Å². The first-order chi connectivity index (χ1) is 6.06. The van der Waals surface area contributed by atoms with Crippen LogP contribution in [0.4, 0.5) is 0 Å². The smallest absolute Gasteiger partial charge is 0.0660 e. The van der Waals surface area contributed by atoms with Crippen LogP contribution in [0.25, 0.3) is 0 Å². The van der Waals surface area contributed by atoms with Crippen molar-refractivity contribution in [2.75, 3.05) is 26.7 Å². The van der Waals surface area contributed by atoms with Crippen LogP contribution in [0.15, 0.2) is 0 Å². The van der Waals surface area contributed by atoms with E-state index in [-0.39, 0.29) is 0 Å². The summed E-state index contributed by atoms with van der Waals surface area (Å²) in [6.07, 6.45) is 2.92. The van der Waals surface area contributed by atoms with Gasteiger partial charge in [-0.1, -0.05) is 0 Å². The summed E-state index contributed by atoms with van der Waals surface area (Å²) < 4.78 is 0. The predicted molar refractivity (Wildman–Crippen MR) is 54.5 cm³/mol. The Bertz CT molecular complexity index is 151. The summed E-state index contributed by atoms with van der Waals surface area (Å²) in [5, 5.41) is 10.1. The molecule has 1 aliphatic heterocycles. The van der Waals surface area contributed by atoms with Gasteiger partial charge in [0.05, 0.1) is 5.60 Å². The molecule has 3 nitrogen and oxygen atoms in total. The third-order valence-corrected chi connectivity index (χ3v) is 3.25. The Morgan fingerprint density at radius 2 is 2.00 bits per heavy atom. The van der Waals surface area contributed by atoms with Crippen molar-refractivity contribution in [3.8, 4) is 0 Å². The van der Waals surface area contributed by atoms with E-state index < -0.39 is 5.60 Å². The van der Waals surface area contributed by atoms with Crippen molar-refractivity contribution in [2.45, 2.75) is 31.8 Å². The first-order valence-electron chi connectivity index (χ1n) is 5.17. The standard InChI is InChI=1S/C10H22N2O/c1-10(13,5-6-11)9-3-7-12(2)8-4-9/h9,13H,3-8,11H2,1-2H3. The van der Waals surface area contributed by atoms with Gasteiger partial charge in [-0.15, -0.1) is 0 Å². The van der Waals surface area contributed by atoms with Crippen molar-refractivity contribution in [2.24, 2.45) is 11.7 Å². The lowest BCUT2D eigenvalue weighted by molar-refractivity contribution is -0.0297. The van der Waals surface area contributed by atoms with Crippen molar-refractivity contribution >= 4 is 0 Å². The maximum absolute atomic E-state index is 10.1. The van der Waals surface area contributed by atoms with Gasteiger partial charge in [-0.3, -0.25) is 0 Å². The van der Waals surface area contributed by atoms with E-state index in [1.54, 1.807) is 0 Å². The molecule has 1 aliphatic rings. The molecule has 0 amide bonds. The average Bonchev–Trinajstić information content (AvgIpc) is 2.05. The molecule has 1 rings (SSSR count). The fraction of sp³-hybridized carbons (Fsp3) is 1.00. The summed E-state index contributed by atoms with van der Waals surface area (Å²) in [5.74, 6) is 0.437. The van der Waals surface area contributed by atoms with E-state index in [2.05, 4.69) is 11.9 Å². The summed E-state index contributed by atoms with van der Waals surface area (Å²) >= 11 is 0. The molecular formula is C10H22N2O. The molecule has 0 radical (unpaired) electrons. The molecule has 0 aromatic carbocycles. The molecule has 0 aromatic rings. The van der Waals surface area contributed by atoms with Gasteiger partial charge in [-0.2, -0.15) is 0 Å². The van der Waals surface area contributed by atoms with E-state index in [9.17, 15) is 5.11 Å². The van der Waals surface area contributed by atoms with Gasteiger partial charge < -0.3 is 15.7 Å². The zero-order valence-electron chi connectivity index (χ0n) is 8.79. The van der Waals surface area contributed by atoms with Gasteiger partial charge >= 0.3 is 0 Å². The molecule has 1 heterocycles. The highest BCUT2D eigenvalue weighted by atomic mass is 16.3. The minimum absolute atomic E-state index is 0.437. The molecule has 0 aromatic heterocycles. The molecule has 1 unspecified atom stereocenters. The van der Waals surface area contributed by atoms with E-state index in [1.807, 2.05) is 6.92 Å². The van der Waals surface area contributed by atoms with Crippen molar-refractivity contribution < 1.29 is 5.11 Å². The minimum atomic E-state index is -0.546. The van der Waals surface area contributed by atoms with E-state index in [4.69, 9.17) is 5.73 Å². The molecule has 78 valence electrons. The van der Waals surface area contributed by atoms with Crippen molar-refractivity contribution in [3.63, 3.8) is 0 Å². The fourth-order valence-electron chi connectivity index (χ4n) is 2.13. The lowest BCUT2D eigenvalue weighted by Gasteiger charge is -2.38. The summed E-state index contributed by atoms with van der Waals surface area (Å²) in [4.78, 5) is 2.31. The van der Waals surface area contributed by atoms with Gasteiger partial charge in [0.2, 0.25) is 0 Å². The monoisotopic (exact) mass is 186 g/mol. The third kappa shape index (κ3) is 2.93. The van der Waals surface area contributed by atoms with Gasteiger partial charge in [0.15, 0.2) is 0 Å². The number of nitrogens with zero attached hydrogens (tertiary/aromatic N) is 1. The molecule has 13 heavy (non-hydrogen) atoms. The van der Waals surface area contributed by atoms with Crippen molar-refractivity contribution in [3.05, 3.63) is 0 Å². The van der Waals surface area contributed by atoms with Gasteiger partial charge in [0.1, 0.15) is 0 Å². The normalized spacial score (nSPS) is 25.8. The van der Waals surface area contributed by atoms with Gasteiger partial charge in [0.25, 0.3) is 0 Å². The average molecular weight is 186 g/mol. The molecule has 1 fully saturated rings. The molecule has 3 N–H and O–H groups in total. The first-order valence-corrected chi connectivity index (χ1v) is 5.17. The van der Waals surface area contributed by atoms with Crippen molar-refractivity contribution in [1.29, 1.82) is 0 Å². The number of nitrogens with two attached hydrogens (primary N) is 1. The Kier molecular flexibility index (Phi) is 3.71. The summed E-state index contributed by atoms with van der Waals surface area (Å²) in [6.45, 7) is 4.71. The maximum Gasteiger partial charge on any atom is 0.0660 e. The van der Waals surface area contributed by atoms with Crippen LogP contribution < -0.4 is 5.73 Å². The van der Waals surface area contributed by atoms with Crippen molar-refractivity contribution in [1.82, 2.24) is 4.90 Å². The van der Waals surface area contributed by atoms with Gasteiger partial charge in [0, 0.05) is 0 Å². The quantitative estimate of drug-likeness (QED) is 0.672. The number of rotatable bonds is 3. The predicted octanol–water partition coefficient (Wildman–Crippen LogP) is 0.428. The van der Waals surface area contributed by atoms with Crippen LogP contribution >= 0.6 is 0 Å². The summed E-state index contributed by atoms with van der Waals surface area (Å²) in [5.41, 5.74) is 4.93. The molecule has 1 saturated heterocycles. The van der Waals surface area contributed by atoms with Gasteiger partial charge in [-0.25, -0.2) is 0 Å². The lowest BCUT2D eigenvalue weighted by atomic mass is 9.80. The largest absolute Gasteiger partial charge is 0.390 e. The Morgan fingerprint density at radius 1 is 1.46 bits per heavy atom. The zero-order chi connectivity index (χ0) is 9.90. The molecule has 0 bridgehead atoms. The SMILES string of the molecule is CN1CCC(C(C)(O)CCN)CC1. The Morgan fingerprint density at radius 3 is 2.46 bits per heavy atom. The number of hydrogen-bond acceptors (Lipinski definition) is 3. The second-order valence-corrected chi connectivity index (χ2v) is 4.47. The molecule has 0 saturated carbocycles. The van der Waals surface area contributed by atoms with Crippen LogP contribution in [0.1, 0.15) is 26.2 Å². The van der Waals surface area contributed by atoms with Crippen LogP contribution in [-0.4, -0.2) is 42.3 Å². The number of likely N-dealkylation sites (tertiary alicyclic amines) is 1. The molecule has 0 spiro atoms. The summed E-state index contributed by atoms with van der Waals surface area (Å²) in [6, 6.07) is 0. The maximum atomic E-state index is 10.1. The minimum Gasteiger partial charge on any atom is -0.390 e. The van der Waals surface area contributed by atoms with Crippen LogP contribution in [0.2, 0.25) is 0 Å². The number of hydrogen-bond donors (Lipinski definition) is 2. The lowest BCUT2D eigenvalue weighted by Crippen LogP contribution is -2.43. The molecular weight excluding hydrogens is 164 g/mol. The summed E-state index contributed by atoms with van der Waals surface area (Å²) in [7, 11) is 2.13. The van der Waals surface area contributed by atoms with E-state index in [1.165, 1.54) is 0 Å². The van der Waals surface area contributed by atoms with Crippen LogP contribution in [0.5, 0.6) is 0 Å². The highest BCUT2D eigenvalue weighted by Gasteiger charge is 2.32. The highest BCUT2D eigenvalue weighted by molar-refractivity contribution is 4.85. The number of aliphatic hydroxyl groups is 1. The van der Waals surface area contributed by atoms with Gasteiger partial charge in [-0.05, 0) is 58.8 Å². The molecule has 0 aliphatic carbocycles. The molecule has 1 atom stereocenters. The fourth-order valence-corrected chi connectivity index (χ4v) is 2.13. The Hall–Kier alpha value is -0.120. The molecule has 3 heteroatoms. The van der Waals surface area contributed by atoms with Crippen LogP contribution in [-0.2, 0) is 0 Å². The number of piperidine rings is 1. The van der Waals surface area contributed by atoms with Crippen LogP contribution in [0, 0.1) is 5.92 Å². The van der Waals surface area contributed by atoms with E-state index >= 15 is 0 Å². The topological polar surface area (TPSA) is 49.5 Å². The highest BCUT2D eigenvalue weighted by Crippen LogP contribution is 2.29. The Labute approximate surface area is 80.9 Å². The van der Waals surface area contributed by atoms with E-state index in [0.717, 1.165) is 32.4 Å². The van der Waals surface area contributed by atoms with E-state index in [0.29, 0.717) is 12.5 Å². The Balaban J connectivity index is 2.42. The first kappa shape index (κ1) is 11.0. The third-order valence-electron chi connectivity index (χ3n) is 3.25. The zero-order valence-corrected chi connectivity index (χ0v) is 8.79. The second-order valence-electron chi connectivity index (χ2n) is 4.47. The second kappa shape index (κ2) is 4.40.